The summed E-state index contributed by atoms with van der Waals surface area (Å²) in [6.07, 6.45) is -1.06. The van der Waals surface area contributed by atoms with Crippen molar-refractivity contribution in [2.75, 3.05) is 20.1 Å². The van der Waals surface area contributed by atoms with E-state index >= 15 is 0 Å². The van der Waals surface area contributed by atoms with E-state index in [-0.39, 0.29) is 25.2 Å². The van der Waals surface area contributed by atoms with Crippen molar-refractivity contribution in [1.29, 1.82) is 0 Å². The van der Waals surface area contributed by atoms with E-state index in [1.807, 2.05) is 6.07 Å². The summed E-state index contributed by atoms with van der Waals surface area (Å²) in [6, 6.07) is 11.2. The van der Waals surface area contributed by atoms with Crippen LogP contribution in [0.15, 0.2) is 54.6 Å². The lowest BCUT2D eigenvalue weighted by atomic mass is 10.1. The molecule has 218 valence electrons. The second-order valence-electron chi connectivity index (χ2n) is 9.45. The highest BCUT2D eigenvalue weighted by Gasteiger charge is 2.45. The molecule has 0 spiro atoms. The molecule has 0 saturated carbocycles. The first kappa shape index (κ1) is 31.0. The van der Waals surface area contributed by atoms with Gasteiger partial charge in [0.15, 0.2) is 0 Å². The number of urea groups is 1. The number of carbonyl (C=O) groups is 4. The lowest BCUT2D eigenvalue weighted by Gasteiger charge is -2.49. The lowest BCUT2D eigenvalue weighted by molar-refractivity contribution is -0.175. The van der Waals surface area contributed by atoms with Crippen molar-refractivity contribution >= 4 is 23.8 Å². The first-order chi connectivity index (χ1) is 19.3. The van der Waals surface area contributed by atoms with E-state index in [2.05, 4.69) is 11.2 Å². The van der Waals surface area contributed by atoms with Gasteiger partial charge in [0.1, 0.15) is 12.2 Å². The van der Waals surface area contributed by atoms with E-state index in [4.69, 9.17) is 6.42 Å². The summed E-state index contributed by atoms with van der Waals surface area (Å²) in [5.74, 6) is -0.472. The van der Waals surface area contributed by atoms with Crippen molar-refractivity contribution < 1.29 is 37.5 Å². The van der Waals surface area contributed by atoms with Crippen LogP contribution >= 0.6 is 0 Å². The number of likely N-dealkylation sites (N-methyl/N-ethyl adjacent to an activating group) is 1. The number of hydrogen-bond acceptors (Lipinski definition) is 5. The van der Waals surface area contributed by atoms with Crippen molar-refractivity contribution in [3.63, 3.8) is 0 Å². The molecule has 3 rings (SSSR count). The van der Waals surface area contributed by atoms with E-state index in [1.54, 1.807) is 24.3 Å². The fourth-order valence-electron chi connectivity index (χ4n) is 4.62. The number of carboxylic acid groups (broad SMARTS) is 1. The van der Waals surface area contributed by atoms with Crippen LogP contribution in [0.4, 0.5) is 18.0 Å². The average Bonchev–Trinajstić information content (AvgIpc) is 2.91. The number of hydrazine groups is 1. The second-order valence-corrected chi connectivity index (χ2v) is 9.45. The maximum atomic E-state index is 13.5. The number of benzene rings is 2. The first-order valence-electron chi connectivity index (χ1n) is 12.6. The number of nitrogens with zero attached hydrogens (tertiary/aromatic N) is 4. The molecule has 0 aromatic heterocycles. The SMILES string of the molecule is C#CCN1CC(=O)N([C@@H](CC(=O)O)C(=O)N(C)Cc2cccc(C(F)(F)F)c2)[C@H](C)N1C(=O)NCc1ccccc1. The molecule has 1 aliphatic heterocycles. The summed E-state index contributed by atoms with van der Waals surface area (Å²) in [7, 11) is 1.30. The predicted molar refractivity (Wildman–Crippen MR) is 141 cm³/mol. The van der Waals surface area contributed by atoms with Gasteiger partial charge in [-0.25, -0.2) is 9.80 Å². The van der Waals surface area contributed by atoms with Crippen LogP contribution in [0.5, 0.6) is 0 Å². The molecule has 0 bridgehead atoms. The Bertz CT molecular complexity index is 1310. The molecule has 2 atom stereocenters. The Morgan fingerprint density at radius 3 is 2.41 bits per heavy atom. The molecule has 1 heterocycles. The van der Waals surface area contributed by atoms with Gasteiger partial charge in [0.25, 0.3) is 0 Å². The van der Waals surface area contributed by atoms with Gasteiger partial charge in [0.05, 0.1) is 25.1 Å². The number of aliphatic carboxylic acids is 1. The minimum atomic E-state index is -4.59. The fraction of sp³-hybridized carbons (Fsp3) is 0.357. The fourth-order valence-corrected chi connectivity index (χ4v) is 4.62. The van der Waals surface area contributed by atoms with Crippen molar-refractivity contribution in [2.24, 2.45) is 0 Å². The summed E-state index contributed by atoms with van der Waals surface area (Å²) in [5.41, 5.74) is 0.0606. The zero-order chi connectivity index (χ0) is 30.3. The summed E-state index contributed by atoms with van der Waals surface area (Å²) >= 11 is 0. The number of alkyl halides is 3. The number of rotatable bonds is 9. The van der Waals surface area contributed by atoms with Crippen LogP contribution in [0.3, 0.4) is 0 Å². The van der Waals surface area contributed by atoms with Crippen LogP contribution in [-0.2, 0) is 33.6 Å². The molecule has 10 nitrogen and oxygen atoms in total. The van der Waals surface area contributed by atoms with E-state index in [0.717, 1.165) is 27.5 Å². The lowest BCUT2D eigenvalue weighted by Crippen LogP contribution is -2.70. The van der Waals surface area contributed by atoms with Crippen LogP contribution in [0.2, 0.25) is 0 Å². The number of hydrogen-bond donors (Lipinski definition) is 2. The summed E-state index contributed by atoms with van der Waals surface area (Å²) < 4.78 is 39.5. The molecule has 1 saturated heterocycles. The third-order valence-corrected chi connectivity index (χ3v) is 6.47. The van der Waals surface area contributed by atoms with Gasteiger partial charge in [-0.1, -0.05) is 48.4 Å². The van der Waals surface area contributed by atoms with Crippen LogP contribution in [-0.4, -0.2) is 81.1 Å². The minimum absolute atomic E-state index is 0.115. The molecule has 2 aromatic rings. The quantitative estimate of drug-likeness (QED) is 0.446. The summed E-state index contributed by atoms with van der Waals surface area (Å²) in [5, 5.41) is 14.8. The molecule has 13 heteroatoms. The Kier molecular flexibility index (Phi) is 9.96. The topological polar surface area (TPSA) is 114 Å². The maximum absolute atomic E-state index is 13.5. The molecule has 1 fully saturated rings. The predicted octanol–water partition coefficient (Wildman–Crippen LogP) is 2.76. The van der Waals surface area contributed by atoms with Gasteiger partial charge in [-0.15, -0.1) is 6.42 Å². The Morgan fingerprint density at radius 2 is 1.80 bits per heavy atom. The average molecular weight is 574 g/mol. The van der Waals surface area contributed by atoms with E-state index < -0.39 is 60.7 Å². The van der Waals surface area contributed by atoms with Gasteiger partial charge in [-0.3, -0.25) is 14.4 Å². The number of terminal acetylenes is 1. The summed E-state index contributed by atoms with van der Waals surface area (Å²) in [4.78, 5) is 53.9. The highest BCUT2D eigenvalue weighted by atomic mass is 19.4. The largest absolute Gasteiger partial charge is 0.481 e. The summed E-state index contributed by atoms with van der Waals surface area (Å²) in [6.45, 7) is 0.805. The number of nitrogens with one attached hydrogen (secondary N) is 1. The molecular weight excluding hydrogens is 543 g/mol. The Balaban J connectivity index is 1.87. The van der Waals surface area contributed by atoms with Gasteiger partial charge in [0.2, 0.25) is 11.8 Å². The zero-order valence-corrected chi connectivity index (χ0v) is 22.5. The second kappa shape index (κ2) is 13.2. The first-order valence-corrected chi connectivity index (χ1v) is 12.6. The molecule has 4 amide bonds. The third kappa shape index (κ3) is 7.76. The van der Waals surface area contributed by atoms with Crippen LogP contribution < -0.4 is 5.32 Å². The van der Waals surface area contributed by atoms with Crippen molar-refractivity contribution in [1.82, 2.24) is 25.1 Å². The molecular formula is C28H30F3N5O5. The Hall–Kier alpha value is -4.57. The van der Waals surface area contributed by atoms with E-state index in [1.165, 1.54) is 36.1 Å². The molecule has 0 aliphatic carbocycles. The van der Waals surface area contributed by atoms with Crippen LogP contribution in [0.1, 0.15) is 30.0 Å². The minimum Gasteiger partial charge on any atom is -0.481 e. The van der Waals surface area contributed by atoms with Gasteiger partial charge >= 0.3 is 18.2 Å². The van der Waals surface area contributed by atoms with Gasteiger partial charge < -0.3 is 20.2 Å². The normalized spacial score (nSPS) is 16.6. The number of carbonyl (C=O) groups excluding carboxylic acids is 3. The van der Waals surface area contributed by atoms with Gasteiger partial charge in [0, 0.05) is 20.1 Å². The van der Waals surface area contributed by atoms with Gasteiger partial charge in [-0.2, -0.15) is 18.2 Å². The molecule has 2 N–H and O–H groups in total. The molecule has 2 aromatic carbocycles. The van der Waals surface area contributed by atoms with E-state index in [9.17, 15) is 37.5 Å². The van der Waals surface area contributed by atoms with Crippen molar-refractivity contribution in [3.8, 4) is 12.3 Å². The smallest absolute Gasteiger partial charge is 0.416 e. The highest BCUT2D eigenvalue weighted by Crippen LogP contribution is 2.30. The number of halogens is 3. The van der Waals surface area contributed by atoms with Crippen molar-refractivity contribution in [2.45, 2.75) is 44.8 Å². The monoisotopic (exact) mass is 573 g/mol. The Labute approximate surface area is 235 Å². The molecule has 0 radical (unpaired) electrons. The molecule has 1 aliphatic rings. The highest BCUT2D eigenvalue weighted by molar-refractivity contribution is 5.92. The van der Waals surface area contributed by atoms with Gasteiger partial charge in [-0.05, 0) is 30.2 Å². The third-order valence-electron chi connectivity index (χ3n) is 6.47. The maximum Gasteiger partial charge on any atom is 0.416 e. The van der Waals surface area contributed by atoms with E-state index in [0.29, 0.717) is 0 Å². The number of carboxylic acids is 1. The van der Waals surface area contributed by atoms with Crippen LogP contribution in [0, 0.1) is 12.3 Å². The molecule has 0 unspecified atom stereocenters. The number of amides is 4. The zero-order valence-electron chi connectivity index (χ0n) is 22.5. The molecule has 41 heavy (non-hydrogen) atoms. The van der Waals surface area contributed by atoms with Crippen LogP contribution in [0.25, 0.3) is 0 Å². The standard InChI is InChI=1S/C28H30F3N5O5/c1-4-13-34-18-24(37)35(19(2)36(34)27(41)32-16-20-9-6-5-7-10-20)23(15-25(38)39)26(40)33(3)17-21-11-8-12-22(14-21)28(29,30)31/h1,5-12,14,19,23H,13,15-18H2,2-3H3,(H,32,41)(H,38,39)/t19-,23-/m0/s1. The van der Waals surface area contributed by atoms with Crippen molar-refractivity contribution in [3.05, 3.63) is 71.3 Å². The Morgan fingerprint density at radius 1 is 1.15 bits per heavy atom.